The molecule has 2 N–H and O–H groups in total. The van der Waals surface area contributed by atoms with E-state index in [0.717, 1.165) is 10.0 Å². The molecule has 0 aliphatic heterocycles. The van der Waals surface area contributed by atoms with Gasteiger partial charge in [-0.05, 0) is 30.7 Å². The number of aromatic nitrogens is 1. The summed E-state index contributed by atoms with van der Waals surface area (Å²) in [6, 6.07) is 11.2. The predicted molar refractivity (Wildman–Crippen MR) is 81.6 cm³/mol. The molecule has 0 fully saturated rings. The van der Waals surface area contributed by atoms with E-state index in [0.29, 0.717) is 10.2 Å². The van der Waals surface area contributed by atoms with Crippen molar-refractivity contribution in [3.8, 4) is 0 Å². The largest absolute Gasteiger partial charge is 0.352 e. The fourth-order valence-electron chi connectivity index (χ4n) is 1.78. The molecule has 0 saturated heterocycles. The standard InChI is InChI=1S/C14H13BrN2OS/c1-9(10-5-2-3-7-12(10)15)17-13(18)11-6-4-8-16-14(11)19/h2-9H,1H3,(H,16,19)(H,17,18)/t9-/m1/s1. The number of rotatable bonds is 3. The summed E-state index contributed by atoms with van der Waals surface area (Å²) in [5, 5.41) is 2.94. The zero-order valence-electron chi connectivity index (χ0n) is 10.3. The lowest BCUT2D eigenvalue weighted by Gasteiger charge is -2.15. The first kappa shape index (κ1) is 14.0. The summed E-state index contributed by atoms with van der Waals surface area (Å²) in [4.78, 5) is 15.0. The Morgan fingerprint density at radius 2 is 2.05 bits per heavy atom. The van der Waals surface area contributed by atoms with Crippen LogP contribution in [0.2, 0.25) is 0 Å². The number of aromatic amines is 1. The maximum absolute atomic E-state index is 12.1. The van der Waals surface area contributed by atoms with Crippen LogP contribution < -0.4 is 5.32 Å². The van der Waals surface area contributed by atoms with Gasteiger partial charge in [-0.2, -0.15) is 0 Å². The molecular formula is C14H13BrN2OS. The summed E-state index contributed by atoms with van der Waals surface area (Å²) in [7, 11) is 0. The van der Waals surface area contributed by atoms with Gasteiger partial charge in [0.05, 0.1) is 11.6 Å². The maximum atomic E-state index is 12.1. The number of pyridine rings is 1. The average molecular weight is 337 g/mol. The fourth-order valence-corrected chi connectivity index (χ4v) is 2.64. The number of carbonyl (C=O) groups excluding carboxylic acids is 1. The van der Waals surface area contributed by atoms with Crippen LogP contribution in [0.25, 0.3) is 0 Å². The van der Waals surface area contributed by atoms with Crippen LogP contribution in [-0.2, 0) is 0 Å². The molecule has 0 saturated carbocycles. The third-order valence-corrected chi connectivity index (χ3v) is 3.84. The average Bonchev–Trinajstić information content (AvgIpc) is 2.39. The maximum Gasteiger partial charge on any atom is 0.254 e. The molecule has 1 atom stereocenters. The molecule has 1 amide bonds. The van der Waals surface area contributed by atoms with E-state index < -0.39 is 0 Å². The third-order valence-electron chi connectivity index (χ3n) is 2.78. The Labute approximate surface area is 125 Å². The highest BCUT2D eigenvalue weighted by atomic mass is 79.9. The Balaban J connectivity index is 2.18. The van der Waals surface area contributed by atoms with E-state index >= 15 is 0 Å². The van der Waals surface area contributed by atoms with Gasteiger partial charge in [0.25, 0.3) is 5.91 Å². The molecule has 2 rings (SSSR count). The molecule has 19 heavy (non-hydrogen) atoms. The van der Waals surface area contributed by atoms with E-state index in [4.69, 9.17) is 12.2 Å². The lowest BCUT2D eigenvalue weighted by atomic mass is 10.1. The van der Waals surface area contributed by atoms with Crippen LogP contribution in [0, 0.1) is 4.64 Å². The van der Waals surface area contributed by atoms with Crippen LogP contribution in [0.4, 0.5) is 0 Å². The zero-order valence-corrected chi connectivity index (χ0v) is 12.7. The molecule has 3 nitrogen and oxygen atoms in total. The zero-order chi connectivity index (χ0) is 13.8. The Kier molecular flexibility index (Phi) is 4.50. The summed E-state index contributed by atoms with van der Waals surface area (Å²) >= 11 is 8.58. The van der Waals surface area contributed by atoms with Crippen molar-refractivity contribution in [1.82, 2.24) is 10.3 Å². The van der Waals surface area contributed by atoms with Gasteiger partial charge in [-0.25, -0.2) is 0 Å². The molecule has 1 aromatic heterocycles. The summed E-state index contributed by atoms with van der Waals surface area (Å²) in [5.74, 6) is -0.176. The quantitative estimate of drug-likeness (QED) is 0.832. The Bertz CT molecular complexity index is 654. The van der Waals surface area contributed by atoms with Gasteiger partial charge in [-0.1, -0.05) is 46.3 Å². The van der Waals surface area contributed by atoms with Crippen molar-refractivity contribution < 1.29 is 4.79 Å². The second-order valence-electron chi connectivity index (χ2n) is 4.13. The number of amides is 1. The second-order valence-corrected chi connectivity index (χ2v) is 5.39. The monoisotopic (exact) mass is 336 g/mol. The lowest BCUT2D eigenvalue weighted by molar-refractivity contribution is 0.0939. The molecule has 1 heterocycles. The van der Waals surface area contributed by atoms with Crippen molar-refractivity contribution in [2.24, 2.45) is 0 Å². The first-order valence-electron chi connectivity index (χ1n) is 5.82. The lowest BCUT2D eigenvalue weighted by Crippen LogP contribution is -2.27. The highest BCUT2D eigenvalue weighted by Gasteiger charge is 2.14. The number of hydrogen-bond acceptors (Lipinski definition) is 2. The second kappa shape index (κ2) is 6.12. The van der Waals surface area contributed by atoms with Crippen LogP contribution in [0.3, 0.4) is 0 Å². The molecule has 98 valence electrons. The number of H-pyrrole nitrogens is 1. The van der Waals surface area contributed by atoms with E-state index in [1.54, 1.807) is 18.3 Å². The number of hydrogen-bond donors (Lipinski definition) is 2. The predicted octanol–water partition coefficient (Wildman–Crippen LogP) is 4.00. The Morgan fingerprint density at radius 1 is 1.32 bits per heavy atom. The van der Waals surface area contributed by atoms with E-state index in [9.17, 15) is 4.79 Å². The first-order valence-corrected chi connectivity index (χ1v) is 7.02. The van der Waals surface area contributed by atoms with Gasteiger partial charge in [-0.3, -0.25) is 4.79 Å². The van der Waals surface area contributed by atoms with Crippen molar-refractivity contribution in [3.63, 3.8) is 0 Å². The molecule has 0 radical (unpaired) electrons. The molecule has 0 spiro atoms. The van der Waals surface area contributed by atoms with Crippen molar-refractivity contribution in [2.45, 2.75) is 13.0 Å². The van der Waals surface area contributed by atoms with Crippen molar-refractivity contribution in [2.75, 3.05) is 0 Å². The fraction of sp³-hybridized carbons (Fsp3) is 0.143. The topological polar surface area (TPSA) is 44.9 Å². The van der Waals surface area contributed by atoms with E-state index in [1.165, 1.54) is 0 Å². The molecule has 0 unspecified atom stereocenters. The summed E-state index contributed by atoms with van der Waals surface area (Å²) in [5.41, 5.74) is 1.51. The normalized spacial score (nSPS) is 11.9. The van der Waals surface area contributed by atoms with Gasteiger partial charge < -0.3 is 10.3 Å². The van der Waals surface area contributed by atoms with Gasteiger partial charge in [0.1, 0.15) is 4.64 Å². The van der Waals surface area contributed by atoms with Crippen LogP contribution in [0.5, 0.6) is 0 Å². The number of nitrogens with one attached hydrogen (secondary N) is 2. The minimum Gasteiger partial charge on any atom is -0.352 e. The van der Waals surface area contributed by atoms with Crippen molar-refractivity contribution >= 4 is 34.1 Å². The van der Waals surface area contributed by atoms with Crippen molar-refractivity contribution in [1.29, 1.82) is 0 Å². The molecular weight excluding hydrogens is 324 g/mol. The molecule has 1 aromatic carbocycles. The summed E-state index contributed by atoms with van der Waals surface area (Å²) in [6.07, 6.45) is 1.70. The summed E-state index contributed by atoms with van der Waals surface area (Å²) in [6.45, 7) is 1.94. The smallest absolute Gasteiger partial charge is 0.254 e. The highest BCUT2D eigenvalue weighted by Crippen LogP contribution is 2.22. The molecule has 2 aromatic rings. The first-order chi connectivity index (χ1) is 9.09. The molecule has 0 aliphatic carbocycles. The van der Waals surface area contributed by atoms with E-state index in [2.05, 4.69) is 26.2 Å². The van der Waals surface area contributed by atoms with Crippen LogP contribution >= 0.6 is 28.1 Å². The van der Waals surface area contributed by atoms with Gasteiger partial charge in [-0.15, -0.1) is 0 Å². The minimum atomic E-state index is -0.176. The SMILES string of the molecule is C[C@@H](NC(=O)c1ccc[nH]c1=S)c1ccccc1Br. The van der Waals surface area contributed by atoms with Crippen LogP contribution in [0.1, 0.15) is 28.9 Å². The molecule has 5 heteroatoms. The highest BCUT2D eigenvalue weighted by molar-refractivity contribution is 9.10. The van der Waals surface area contributed by atoms with Gasteiger partial charge in [0.15, 0.2) is 0 Å². The Morgan fingerprint density at radius 3 is 2.74 bits per heavy atom. The van der Waals surface area contributed by atoms with Gasteiger partial charge >= 0.3 is 0 Å². The third kappa shape index (κ3) is 3.30. The number of halogens is 1. The summed E-state index contributed by atoms with van der Waals surface area (Å²) < 4.78 is 1.42. The van der Waals surface area contributed by atoms with Crippen molar-refractivity contribution in [3.05, 3.63) is 62.8 Å². The van der Waals surface area contributed by atoms with E-state index in [-0.39, 0.29) is 11.9 Å². The molecule has 0 aliphatic rings. The Hall–Kier alpha value is -1.46. The van der Waals surface area contributed by atoms with Gasteiger partial charge in [0.2, 0.25) is 0 Å². The molecule has 0 bridgehead atoms. The minimum absolute atomic E-state index is 0.0994. The number of benzene rings is 1. The van der Waals surface area contributed by atoms with E-state index in [1.807, 2.05) is 31.2 Å². The number of carbonyl (C=O) groups is 1. The van der Waals surface area contributed by atoms with Gasteiger partial charge in [0, 0.05) is 10.7 Å². The van der Waals surface area contributed by atoms with Crippen LogP contribution in [-0.4, -0.2) is 10.9 Å². The van der Waals surface area contributed by atoms with Crippen LogP contribution in [0.15, 0.2) is 47.1 Å².